The second-order valence-electron chi connectivity index (χ2n) is 5.95. The van der Waals surface area contributed by atoms with E-state index in [0.29, 0.717) is 22.6 Å². The molecule has 0 atom stereocenters. The number of aromatic hydroxyl groups is 2. The van der Waals surface area contributed by atoms with Crippen LogP contribution in [0.5, 0.6) is 28.7 Å². The van der Waals surface area contributed by atoms with Crippen molar-refractivity contribution in [2.75, 3.05) is 21.3 Å². The highest BCUT2D eigenvalue weighted by Gasteiger charge is 2.19. The van der Waals surface area contributed by atoms with Crippen LogP contribution in [0.4, 0.5) is 0 Å². The van der Waals surface area contributed by atoms with Crippen molar-refractivity contribution in [1.82, 2.24) is 0 Å². The van der Waals surface area contributed by atoms with Gasteiger partial charge < -0.3 is 24.4 Å². The largest absolute Gasteiger partial charge is 0.507 e. The van der Waals surface area contributed by atoms with Gasteiger partial charge in [-0.2, -0.15) is 4.40 Å². The van der Waals surface area contributed by atoms with Gasteiger partial charge >= 0.3 is 0 Å². The Kier molecular flexibility index (Phi) is 3.61. The lowest BCUT2D eigenvalue weighted by atomic mass is 10.1. The smallest absolute Gasteiger partial charge is 0.219 e. The summed E-state index contributed by atoms with van der Waals surface area (Å²) in [4.78, 5) is 0. The van der Waals surface area contributed by atoms with Crippen LogP contribution in [0.15, 0.2) is 42.7 Å². The molecule has 0 saturated heterocycles. The highest BCUT2D eigenvalue weighted by atomic mass is 16.5. The Morgan fingerprint density at radius 3 is 2.23 bits per heavy atom. The van der Waals surface area contributed by atoms with E-state index in [2.05, 4.69) is 0 Å². The van der Waals surface area contributed by atoms with Crippen LogP contribution < -0.4 is 18.6 Å². The molecular formula is C20H18NO5+. The Morgan fingerprint density at radius 2 is 1.54 bits per heavy atom. The standard InChI is InChI=1S/C20H17NO5/c1-24-18-8-12-11(6-17(18)23)4-5-21-10-14-13(7-15(12)21)20(26-3)19(25-2)9-16(14)22/h4-10H,1-3H3,(H,22,23)/p+1. The molecule has 2 aromatic heterocycles. The van der Waals surface area contributed by atoms with E-state index in [-0.39, 0.29) is 11.5 Å². The fraction of sp³-hybridized carbons (Fsp3) is 0.150. The minimum atomic E-state index is 0.0852. The Bertz CT molecular complexity index is 1170. The summed E-state index contributed by atoms with van der Waals surface area (Å²) in [6, 6.07) is 8.81. The first-order chi connectivity index (χ1) is 12.6. The van der Waals surface area contributed by atoms with E-state index in [4.69, 9.17) is 14.2 Å². The Labute approximate surface area is 149 Å². The van der Waals surface area contributed by atoms with E-state index in [9.17, 15) is 10.2 Å². The predicted octanol–water partition coefficient (Wildman–Crippen LogP) is 3.17. The molecule has 2 aromatic carbocycles. The van der Waals surface area contributed by atoms with Gasteiger partial charge in [0.2, 0.25) is 5.52 Å². The molecule has 2 heterocycles. The van der Waals surface area contributed by atoms with Crippen molar-refractivity contribution in [3.63, 3.8) is 0 Å². The fourth-order valence-corrected chi connectivity index (χ4v) is 3.33. The van der Waals surface area contributed by atoms with Crippen molar-refractivity contribution in [1.29, 1.82) is 0 Å². The number of hydrogen-bond donors (Lipinski definition) is 2. The van der Waals surface area contributed by atoms with E-state index in [0.717, 1.165) is 21.7 Å². The number of hydrogen-bond acceptors (Lipinski definition) is 5. The predicted molar refractivity (Wildman–Crippen MR) is 97.6 cm³/mol. The summed E-state index contributed by atoms with van der Waals surface area (Å²) in [5.74, 6) is 1.59. The highest BCUT2D eigenvalue weighted by molar-refractivity contribution is 6.02. The van der Waals surface area contributed by atoms with Crippen molar-refractivity contribution in [3.05, 3.63) is 42.7 Å². The number of rotatable bonds is 3. The van der Waals surface area contributed by atoms with Gasteiger partial charge in [0.15, 0.2) is 35.4 Å². The van der Waals surface area contributed by atoms with E-state index in [1.807, 2.05) is 28.9 Å². The molecule has 0 fully saturated rings. The lowest BCUT2D eigenvalue weighted by molar-refractivity contribution is -0.509. The van der Waals surface area contributed by atoms with Gasteiger partial charge in [-0.3, -0.25) is 0 Å². The maximum absolute atomic E-state index is 10.4. The molecule has 6 heteroatoms. The number of phenols is 2. The van der Waals surface area contributed by atoms with Gasteiger partial charge in [-0.05, 0) is 17.5 Å². The lowest BCUT2D eigenvalue weighted by Gasteiger charge is -2.12. The van der Waals surface area contributed by atoms with Crippen LogP contribution in [0.2, 0.25) is 0 Å². The number of pyridine rings is 2. The molecule has 0 saturated carbocycles. The minimum absolute atomic E-state index is 0.0852. The number of methoxy groups -OCH3 is 3. The first kappa shape index (κ1) is 16.1. The van der Waals surface area contributed by atoms with Gasteiger partial charge in [-0.25, -0.2) is 0 Å². The summed E-state index contributed by atoms with van der Waals surface area (Å²) in [6.45, 7) is 0. The number of benzene rings is 2. The second kappa shape index (κ2) is 5.84. The van der Waals surface area contributed by atoms with Crippen LogP contribution in [-0.2, 0) is 0 Å². The molecule has 6 nitrogen and oxygen atoms in total. The van der Waals surface area contributed by atoms with Crippen LogP contribution in [0.1, 0.15) is 0 Å². The van der Waals surface area contributed by atoms with Crippen LogP contribution in [0.3, 0.4) is 0 Å². The van der Waals surface area contributed by atoms with E-state index in [1.54, 1.807) is 19.2 Å². The Morgan fingerprint density at radius 1 is 0.769 bits per heavy atom. The summed E-state index contributed by atoms with van der Waals surface area (Å²) in [6.07, 6.45) is 3.71. The number of phenolic OH excluding ortho intramolecular Hbond substituents is 2. The molecular weight excluding hydrogens is 334 g/mol. The monoisotopic (exact) mass is 352 g/mol. The molecule has 0 radical (unpaired) electrons. The summed E-state index contributed by atoms with van der Waals surface area (Å²) in [7, 11) is 4.61. The second-order valence-corrected chi connectivity index (χ2v) is 5.95. The molecule has 132 valence electrons. The molecule has 4 rings (SSSR count). The third-order valence-electron chi connectivity index (χ3n) is 4.60. The molecule has 4 aromatic rings. The quantitative estimate of drug-likeness (QED) is 0.337. The van der Waals surface area contributed by atoms with Gasteiger partial charge in [0.25, 0.3) is 0 Å². The van der Waals surface area contributed by atoms with E-state index >= 15 is 0 Å². The average Bonchev–Trinajstić information content (AvgIpc) is 2.66. The van der Waals surface area contributed by atoms with E-state index < -0.39 is 0 Å². The van der Waals surface area contributed by atoms with E-state index in [1.165, 1.54) is 20.3 Å². The highest BCUT2D eigenvalue weighted by Crippen LogP contribution is 2.41. The summed E-state index contributed by atoms with van der Waals surface area (Å²) >= 11 is 0. The van der Waals surface area contributed by atoms with Crippen molar-refractivity contribution >= 4 is 27.1 Å². The zero-order valence-electron chi connectivity index (χ0n) is 14.6. The molecule has 0 bridgehead atoms. The SMILES string of the molecule is COc1cc2c(cc[n+]3cc4c(O)cc(OC)c(OC)c4cc23)cc1O. The minimum Gasteiger partial charge on any atom is -0.507 e. The number of nitrogens with zero attached hydrogens (tertiary/aromatic N) is 1. The third kappa shape index (κ3) is 2.23. The van der Waals surface area contributed by atoms with Gasteiger partial charge in [0.05, 0.1) is 32.1 Å². The molecule has 0 aliphatic heterocycles. The zero-order chi connectivity index (χ0) is 18.4. The first-order valence-electron chi connectivity index (χ1n) is 7.99. The van der Waals surface area contributed by atoms with Crippen LogP contribution >= 0.6 is 0 Å². The van der Waals surface area contributed by atoms with Crippen LogP contribution in [0, 0.1) is 0 Å². The fourth-order valence-electron chi connectivity index (χ4n) is 3.33. The molecule has 26 heavy (non-hydrogen) atoms. The molecule has 0 unspecified atom stereocenters. The third-order valence-corrected chi connectivity index (χ3v) is 4.60. The van der Waals surface area contributed by atoms with Gasteiger partial charge in [-0.15, -0.1) is 0 Å². The molecule has 0 aliphatic carbocycles. The number of fused-ring (bicyclic) bond motifs is 4. The normalized spacial score (nSPS) is 11.2. The number of ether oxygens (including phenoxy) is 3. The van der Waals surface area contributed by atoms with Gasteiger partial charge in [0, 0.05) is 23.6 Å². The van der Waals surface area contributed by atoms with Gasteiger partial charge in [-0.1, -0.05) is 0 Å². The van der Waals surface area contributed by atoms with Crippen molar-refractivity contribution < 1.29 is 28.8 Å². The Balaban J connectivity index is 2.18. The summed E-state index contributed by atoms with van der Waals surface area (Å²) in [5.41, 5.74) is 0.874. The maximum atomic E-state index is 10.4. The average molecular weight is 352 g/mol. The lowest BCUT2D eigenvalue weighted by Crippen LogP contribution is -2.20. The molecule has 0 amide bonds. The van der Waals surface area contributed by atoms with Crippen LogP contribution in [-0.4, -0.2) is 31.5 Å². The van der Waals surface area contributed by atoms with Gasteiger partial charge in [0.1, 0.15) is 5.75 Å². The van der Waals surface area contributed by atoms with Crippen molar-refractivity contribution in [2.24, 2.45) is 0 Å². The summed E-state index contributed by atoms with van der Waals surface area (Å²) in [5, 5.41) is 23.6. The molecule has 0 spiro atoms. The maximum Gasteiger partial charge on any atom is 0.219 e. The van der Waals surface area contributed by atoms with Crippen LogP contribution in [0.25, 0.3) is 27.1 Å². The first-order valence-corrected chi connectivity index (χ1v) is 7.99. The topological polar surface area (TPSA) is 72.3 Å². The Hall–Kier alpha value is -3.41. The van der Waals surface area contributed by atoms with Crippen molar-refractivity contribution in [2.45, 2.75) is 0 Å². The zero-order valence-corrected chi connectivity index (χ0v) is 14.6. The summed E-state index contributed by atoms with van der Waals surface area (Å²) < 4.78 is 18.0. The molecule has 2 N–H and O–H groups in total. The van der Waals surface area contributed by atoms with Crippen molar-refractivity contribution in [3.8, 4) is 28.7 Å². The molecule has 0 aliphatic rings. The number of aromatic nitrogens is 1.